The van der Waals surface area contributed by atoms with Crippen molar-refractivity contribution in [1.29, 1.82) is 0 Å². The first-order chi connectivity index (χ1) is 10.3. The van der Waals surface area contributed by atoms with Gasteiger partial charge < -0.3 is 9.84 Å². The van der Waals surface area contributed by atoms with Crippen molar-refractivity contribution in [2.24, 2.45) is 0 Å². The van der Waals surface area contributed by atoms with Gasteiger partial charge in [-0.1, -0.05) is 24.0 Å². The van der Waals surface area contributed by atoms with Crippen molar-refractivity contribution in [2.75, 3.05) is 0 Å². The van der Waals surface area contributed by atoms with Crippen LogP contribution < -0.4 is 4.74 Å². The molecule has 0 bridgehead atoms. The fraction of sp³-hybridized carbons (Fsp3) is 0.0625. The summed E-state index contributed by atoms with van der Waals surface area (Å²) in [5, 5.41) is 9.02. The minimum Gasteiger partial charge on any atom is -0.478 e. The number of carboxylic acids is 1. The summed E-state index contributed by atoms with van der Waals surface area (Å²) < 4.78 is 39.8. The summed E-state index contributed by atoms with van der Waals surface area (Å²) >= 11 is 0. The van der Waals surface area contributed by atoms with Crippen molar-refractivity contribution >= 4 is 5.97 Å². The molecule has 0 saturated carbocycles. The Hall–Kier alpha value is -2.94. The second-order valence-electron chi connectivity index (χ2n) is 4.17. The zero-order valence-corrected chi connectivity index (χ0v) is 11.0. The number of carboxylic acid groups (broad SMARTS) is 1. The van der Waals surface area contributed by atoms with E-state index in [9.17, 15) is 18.0 Å². The number of hydrogen-bond donors (Lipinski definition) is 1. The smallest absolute Gasteiger partial charge is 0.478 e. The number of alkyl halides is 3. The maximum Gasteiger partial charge on any atom is 0.573 e. The van der Waals surface area contributed by atoms with Gasteiger partial charge >= 0.3 is 12.3 Å². The van der Waals surface area contributed by atoms with E-state index < -0.39 is 12.3 Å². The highest BCUT2D eigenvalue weighted by atomic mass is 19.4. The molecule has 1 N–H and O–H groups in total. The first kappa shape index (κ1) is 15.4. The number of halogens is 3. The molecule has 0 unspecified atom stereocenters. The lowest BCUT2D eigenvalue weighted by Gasteiger charge is -2.07. The average molecular weight is 306 g/mol. The van der Waals surface area contributed by atoms with Crippen LogP contribution in [-0.4, -0.2) is 17.4 Å². The second-order valence-corrected chi connectivity index (χ2v) is 4.17. The largest absolute Gasteiger partial charge is 0.573 e. The van der Waals surface area contributed by atoms with Gasteiger partial charge in [0.1, 0.15) is 5.75 Å². The highest BCUT2D eigenvalue weighted by Gasteiger charge is 2.30. The molecule has 0 saturated heterocycles. The Morgan fingerprint density at radius 2 is 1.64 bits per heavy atom. The van der Waals surface area contributed by atoms with Crippen LogP contribution in [0.4, 0.5) is 13.2 Å². The third kappa shape index (κ3) is 4.28. The molecule has 22 heavy (non-hydrogen) atoms. The summed E-state index contributed by atoms with van der Waals surface area (Å²) in [7, 11) is 0. The number of ether oxygens (including phenoxy) is 1. The lowest BCUT2D eigenvalue weighted by Crippen LogP contribution is -2.16. The predicted molar refractivity (Wildman–Crippen MR) is 72.5 cm³/mol. The molecule has 6 heteroatoms. The van der Waals surface area contributed by atoms with Gasteiger partial charge in [0.05, 0.1) is 5.56 Å². The van der Waals surface area contributed by atoms with Crippen LogP contribution in [0.1, 0.15) is 21.5 Å². The molecule has 2 aromatic carbocycles. The summed E-state index contributed by atoms with van der Waals surface area (Å²) in [6, 6.07) is 11.2. The first-order valence-electron chi connectivity index (χ1n) is 6.05. The van der Waals surface area contributed by atoms with Gasteiger partial charge in [-0.3, -0.25) is 0 Å². The van der Waals surface area contributed by atoms with Crippen LogP contribution in [0.5, 0.6) is 5.75 Å². The number of hydrogen-bond acceptors (Lipinski definition) is 2. The average Bonchev–Trinajstić information content (AvgIpc) is 2.45. The summed E-state index contributed by atoms with van der Waals surface area (Å²) in [5.41, 5.74) is 0.826. The topological polar surface area (TPSA) is 46.5 Å². The van der Waals surface area contributed by atoms with Crippen LogP contribution >= 0.6 is 0 Å². The molecular formula is C16H9F3O3. The van der Waals surface area contributed by atoms with Gasteiger partial charge in [-0.2, -0.15) is 0 Å². The van der Waals surface area contributed by atoms with E-state index in [1.54, 1.807) is 18.2 Å². The van der Waals surface area contributed by atoms with E-state index in [0.29, 0.717) is 11.1 Å². The number of rotatable bonds is 2. The van der Waals surface area contributed by atoms with Crippen molar-refractivity contribution in [3.05, 3.63) is 65.2 Å². The van der Waals surface area contributed by atoms with E-state index >= 15 is 0 Å². The molecule has 2 aromatic rings. The lowest BCUT2D eigenvalue weighted by atomic mass is 10.1. The van der Waals surface area contributed by atoms with Gasteiger partial charge in [0.25, 0.3) is 0 Å². The quantitative estimate of drug-likeness (QED) is 0.861. The number of carbonyl (C=O) groups is 1. The van der Waals surface area contributed by atoms with Crippen LogP contribution in [0.25, 0.3) is 0 Å². The third-order valence-electron chi connectivity index (χ3n) is 2.59. The molecule has 2 rings (SSSR count). The highest BCUT2D eigenvalue weighted by Crippen LogP contribution is 2.22. The first-order valence-corrected chi connectivity index (χ1v) is 6.05. The predicted octanol–water partition coefficient (Wildman–Crippen LogP) is 3.68. The highest BCUT2D eigenvalue weighted by molar-refractivity contribution is 5.90. The van der Waals surface area contributed by atoms with Crippen molar-refractivity contribution in [2.45, 2.75) is 6.36 Å². The Morgan fingerprint density at radius 3 is 2.23 bits per heavy atom. The van der Waals surface area contributed by atoms with Crippen molar-refractivity contribution in [1.82, 2.24) is 0 Å². The summed E-state index contributed by atoms with van der Waals surface area (Å²) in [6.45, 7) is 0. The SMILES string of the molecule is O=C(O)c1ccccc1C#Cc1ccc(OC(F)(F)F)cc1. The minimum atomic E-state index is -4.74. The fourth-order valence-electron chi connectivity index (χ4n) is 1.66. The third-order valence-corrected chi connectivity index (χ3v) is 2.59. The number of benzene rings is 2. The molecule has 0 heterocycles. The van der Waals surface area contributed by atoms with Crippen LogP contribution in [0.3, 0.4) is 0 Å². The Morgan fingerprint density at radius 1 is 1.00 bits per heavy atom. The lowest BCUT2D eigenvalue weighted by molar-refractivity contribution is -0.274. The van der Waals surface area contributed by atoms with Gasteiger partial charge in [-0.25, -0.2) is 4.79 Å². The van der Waals surface area contributed by atoms with Gasteiger partial charge in [0.2, 0.25) is 0 Å². The normalized spacial score (nSPS) is 10.5. The molecule has 0 aliphatic rings. The van der Waals surface area contributed by atoms with Crippen LogP contribution in [0.15, 0.2) is 48.5 Å². The molecule has 0 amide bonds. The number of aromatic carboxylic acids is 1. The van der Waals surface area contributed by atoms with E-state index in [1.807, 2.05) is 0 Å². The molecular weight excluding hydrogens is 297 g/mol. The van der Waals surface area contributed by atoms with E-state index in [4.69, 9.17) is 5.11 Å². The fourth-order valence-corrected chi connectivity index (χ4v) is 1.66. The van der Waals surface area contributed by atoms with Gasteiger partial charge in [0, 0.05) is 11.1 Å². The maximum atomic E-state index is 12.0. The Bertz CT molecular complexity index is 738. The van der Waals surface area contributed by atoms with Crippen molar-refractivity contribution in [3.8, 4) is 17.6 Å². The van der Waals surface area contributed by atoms with E-state index in [-0.39, 0.29) is 11.3 Å². The van der Waals surface area contributed by atoms with E-state index in [1.165, 1.54) is 18.2 Å². The zero-order chi connectivity index (χ0) is 16.2. The molecule has 0 atom stereocenters. The Labute approximate surface area is 124 Å². The van der Waals surface area contributed by atoms with Crippen molar-refractivity contribution < 1.29 is 27.8 Å². The molecule has 0 aliphatic carbocycles. The van der Waals surface area contributed by atoms with Gasteiger partial charge in [-0.05, 0) is 36.4 Å². The Kier molecular flexibility index (Phi) is 4.37. The molecule has 0 aromatic heterocycles. The minimum absolute atomic E-state index is 0.0621. The molecule has 0 radical (unpaired) electrons. The summed E-state index contributed by atoms with van der Waals surface area (Å²) in [5.74, 6) is 3.94. The molecule has 0 aliphatic heterocycles. The van der Waals surface area contributed by atoms with Gasteiger partial charge in [-0.15, -0.1) is 13.2 Å². The van der Waals surface area contributed by atoms with Gasteiger partial charge in [0.15, 0.2) is 0 Å². The second kappa shape index (κ2) is 6.22. The van der Waals surface area contributed by atoms with Crippen LogP contribution in [0.2, 0.25) is 0 Å². The van der Waals surface area contributed by atoms with Crippen LogP contribution in [-0.2, 0) is 0 Å². The summed E-state index contributed by atoms with van der Waals surface area (Å²) in [6.07, 6.45) is -4.74. The van der Waals surface area contributed by atoms with Crippen LogP contribution in [0, 0.1) is 11.8 Å². The molecule has 0 fully saturated rings. The van der Waals surface area contributed by atoms with E-state index in [0.717, 1.165) is 12.1 Å². The summed E-state index contributed by atoms with van der Waals surface area (Å²) in [4.78, 5) is 11.0. The standard InChI is InChI=1S/C16H9F3O3/c17-16(18,19)22-13-9-6-11(7-10-13)5-8-12-3-1-2-4-14(12)15(20)21/h1-4,6-7,9-10H,(H,20,21). The van der Waals surface area contributed by atoms with E-state index in [2.05, 4.69) is 16.6 Å². The van der Waals surface area contributed by atoms with Crippen molar-refractivity contribution in [3.63, 3.8) is 0 Å². The molecule has 0 spiro atoms. The Balaban J connectivity index is 2.21. The molecule has 112 valence electrons. The monoisotopic (exact) mass is 306 g/mol. The zero-order valence-electron chi connectivity index (χ0n) is 11.0. The maximum absolute atomic E-state index is 12.0. The molecule has 3 nitrogen and oxygen atoms in total.